The third kappa shape index (κ3) is 1.03. The second kappa shape index (κ2) is 2.51. The number of amides is 1. The molecule has 1 aliphatic heterocycles. The molecule has 1 aliphatic rings. The molecule has 0 N–H and O–H groups in total. The summed E-state index contributed by atoms with van der Waals surface area (Å²) in [5.74, 6) is 0. The lowest BCUT2D eigenvalue weighted by Gasteiger charge is -2.07. The van der Waals surface area contributed by atoms with Crippen LogP contribution in [-0.4, -0.2) is 29.0 Å². The van der Waals surface area contributed by atoms with E-state index in [1.807, 2.05) is 7.05 Å². The van der Waals surface area contributed by atoms with E-state index < -0.39 is 0 Å². The Labute approximate surface area is 69.5 Å². The average molecular weight is 167 g/mol. The Morgan fingerprint density at radius 3 is 3.00 bits per heavy atom. The second-order valence-electron chi connectivity index (χ2n) is 2.64. The van der Waals surface area contributed by atoms with Gasteiger partial charge in [-0.1, -0.05) is 0 Å². The SMILES string of the molecule is Cn1cc(N2CCOC2=O)cn1. The van der Waals surface area contributed by atoms with Gasteiger partial charge in [-0.15, -0.1) is 0 Å². The smallest absolute Gasteiger partial charge is 0.414 e. The molecule has 12 heavy (non-hydrogen) atoms. The normalized spacial score (nSPS) is 16.8. The minimum Gasteiger partial charge on any atom is -0.447 e. The van der Waals surface area contributed by atoms with Crippen molar-refractivity contribution in [3.8, 4) is 0 Å². The third-order valence-electron chi connectivity index (χ3n) is 1.76. The van der Waals surface area contributed by atoms with E-state index in [1.165, 1.54) is 0 Å². The number of hydrogen-bond acceptors (Lipinski definition) is 3. The van der Waals surface area contributed by atoms with Crippen molar-refractivity contribution in [1.82, 2.24) is 9.78 Å². The fourth-order valence-corrected chi connectivity index (χ4v) is 1.18. The lowest BCUT2D eigenvalue weighted by Crippen LogP contribution is -2.22. The van der Waals surface area contributed by atoms with Gasteiger partial charge < -0.3 is 4.74 Å². The predicted octanol–water partition coefficient (Wildman–Crippen LogP) is 0.377. The Balaban J connectivity index is 2.24. The van der Waals surface area contributed by atoms with Crippen molar-refractivity contribution in [2.75, 3.05) is 18.1 Å². The number of ether oxygens (including phenoxy) is 1. The zero-order chi connectivity index (χ0) is 8.55. The molecule has 1 saturated heterocycles. The number of aryl methyl sites for hydroxylation is 1. The quantitative estimate of drug-likeness (QED) is 0.607. The van der Waals surface area contributed by atoms with E-state index in [-0.39, 0.29) is 6.09 Å². The van der Waals surface area contributed by atoms with Crippen molar-refractivity contribution in [2.45, 2.75) is 0 Å². The zero-order valence-corrected chi connectivity index (χ0v) is 6.73. The number of cyclic esters (lactones) is 1. The molecular formula is C7H9N3O2. The summed E-state index contributed by atoms with van der Waals surface area (Å²) in [5.41, 5.74) is 0.792. The summed E-state index contributed by atoms with van der Waals surface area (Å²) in [4.78, 5) is 12.6. The summed E-state index contributed by atoms with van der Waals surface area (Å²) >= 11 is 0. The van der Waals surface area contributed by atoms with Gasteiger partial charge in [0.25, 0.3) is 0 Å². The van der Waals surface area contributed by atoms with Gasteiger partial charge >= 0.3 is 6.09 Å². The molecule has 1 aromatic rings. The van der Waals surface area contributed by atoms with Crippen molar-refractivity contribution < 1.29 is 9.53 Å². The topological polar surface area (TPSA) is 47.4 Å². The molecule has 0 aliphatic carbocycles. The van der Waals surface area contributed by atoms with E-state index in [2.05, 4.69) is 5.10 Å². The second-order valence-corrected chi connectivity index (χ2v) is 2.64. The van der Waals surface area contributed by atoms with E-state index in [0.717, 1.165) is 5.69 Å². The summed E-state index contributed by atoms with van der Waals surface area (Å²) < 4.78 is 6.43. The van der Waals surface area contributed by atoms with Gasteiger partial charge in [0.15, 0.2) is 0 Å². The van der Waals surface area contributed by atoms with Crippen LogP contribution in [0.25, 0.3) is 0 Å². The summed E-state index contributed by atoms with van der Waals surface area (Å²) in [6.45, 7) is 1.08. The predicted molar refractivity (Wildman–Crippen MR) is 41.9 cm³/mol. The number of carbonyl (C=O) groups excluding carboxylic acids is 1. The Morgan fingerprint density at radius 2 is 2.50 bits per heavy atom. The van der Waals surface area contributed by atoms with Gasteiger partial charge in [0.05, 0.1) is 18.4 Å². The molecule has 1 aromatic heterocycles. The van der Waals surface area contributed by atoms with Crippen LogP contribution in [0.2, 0.25) is 0 Å². The lowest BCUT2D eigenvalue weighted by atomic mass is 10.5. The minimum absolute atomic E-state index is 0.289. The molecule has 0 atom stereocenters. The van der Waals surface area contributed by atoms with Crippen LogP contribution in [0.15, 0.2) is 12.4 Å². The summed E-state index contributed by atoms with van der Waals surface area (Å²) in [6, 6.07) is 0. The molecular weight excluding hydrogens is 158 g/mol. The van der Waals surface area contributed by atoms with Gasteiger partial charge in [0.1, 0.15) is 6.61 Å². The zero-order valence-electron chi connectivity index (χ0n) is 6.73. The Kier molecular flexibility index (Phi) is 1.49. The largest absolute Gasteiger partial charge is 0.447 e. The lowest BCUT2D eigenvalue weighted by molar-refractivity contribution is 0.181. The number of carbonyl (C=O) groups is 1. The highest BCUT2D eigenvalue weighted by Crippen LogP contribution is 2.16. The Hall–Kier alpha value is -1.52. The molecule has 64 valence electrons. The van der Waals surface area contributed by atoms with Gasteiger partial charge in [-0.2, -0.15) is 5.10 Å². The maximum absolute atomic E-state index is 11.1. The van der Waals surface area contributed by atoms with Crippen LogP contribution in [0.1, 0.15) is 0 Å². The summed E-state index contributed by atoms with van der Waals surface area (Å²) in [6.07, 6.45) is 3.14. The monoisotopic (exact) mass is 167 g/mol. The van der Waals surface area contributed by atoms with Crippen LogP contribution in [-0.2, 0) is 11.8 Å². The molecule has 2 heterocycles. The van der Waals surface area contributed by atoms with E-state index in [0.29, 0.717) is 13.2 Å². The fourth-order valence-electron chi connectivity index (χ4n) is 1.18. The molecule has 0 bridgehead atoms. The maximum atomic E-state index is 11.1. The van der Waals surface area contributed by atoms with Gasteiger partial charge in [0.2, 0.25) is 0 Å². The number of hydrogen-bond donors (Lipinski definition) is 0. The average Bonchev–Trinajstić information content (AvgIpc) is 2.58. The number of nitrogens with zero attached hydrogens (tertiary/aromatic N) is 3. The maximum Gasteiger partial charge on any atom is 0.414 e. The molecule has 0 saturated carbocycles. The van der Waals surface area contributed by atoms with Crippen molar-refractivity contribution in [3.63, 3.8) is 0 Å². The van der Waals surface area contributed by atoms with Gasteiger partial charge in [-0.3, -0.25) is 9.58 Å². The molecule has 1 amide bonds. The Bertz CT molecular complexity index is 307. The first kappa shape index (κ1) is 7.15. The van der Waals surface area contributed by atoms with Gasteiger partial charge in [-0.25, -0.2) is 4.79 Å². The van der Waals surface area contributed by atoms with Gasteiger partial charge in [-0.05, 0) is 0 Å². The molecule has 5 nitrogen and oxygen atoms in total. The van der Waals surface area contributed by atoms with Crippen LogP contribution < -0.4 is 4.90 Å². The first-order chi connectivity index (χ1) is 5.77. The number of rotatable bonds is 1. The first-order valence-corrected chi connectivity index (χ1v) is 3.70. The van der Waals surface area contributed by atoms with E-state index in [1.54, 1.807) is 22.0 Å². The minimum atomic E-state index is -0.289. The number of aromatic nitrogens is 2. The number of anilines is 1. The van der Waals surface area contributed by atoms with Crippen LogP contribution in [0.4, 0.5) is 10.5 Å². The highest BCUT2D eigenvalue weighted by molar-refractivity contribution is 5.88. The molecule has 0 radical (unpaired) electrons. The summed E-state index contributed by atoms with van der Waals surface area (Å²) in [7, 11) is 1.81. The van der Waals surface area contributed by atoms with Crippen molar-refractivity contribution in [3.05, 3.63) is 12.4 Å². The molecule has 1 fully saturated rings. The fraction of sp³-hybridized carbons (Fsp3) is 0.429. The standard InChI is InChI=1S/C7H9N3O2/c1-9-5-6(4-8-9)10-2-3-12-7(10)11/h4-5H,2-3H2,1H3. The van der Waals surface area contributed by atoms with Crippen LogP contribution in [0, 0.1) is 0 Å². The molecule has 0 spiro atoms. The highest BCUT2D eigenvalue weighted by Gasteiger charge is 2.24. The van der Waals surface area contributed by atoms with Crippen molar-refractivity contribution in [2.24, 2.45) is 7.05 Å². The summed E-state index contributed by atoms with van der Waals surface area (Å²) in [5, 5.41) is 3.96. The molecule has 2 rings (SSSR count). The first-order valence-electron chi connectivity index (χ1n) is 3.70. The van der Waals surface area contributed by atoms with E-state index in [4.69, 9.17) is 4.74 Å². The van der Waals surface area contributed by atoms with Crippen molar-refractivity contribution in [1.29, 1.82) is 0 Å². The van der Waals surface area contributed by atoms with Gasteiger partial charge in [0, 0.05) is 13.2 Å². The van der Waals surface area contributed by atoms with Crippen molar-refractivity contribution >= 4 is 11.8 Å². The van der Waals surface area contributed by atoms with E-state index in [9.17, 15) is 4.79 Å². The van der Waals surface area contributed by atoms with Crippen LogP contribution >= 0.6 is 0 Å². The molecule has 0 aromatic carbocycles. The molecule has 0 unspecified atom stereocenters. The highest BCUT2D eigenvalue weighted by atomic mass is 16.6. The van der Waals surface area contributed by atoms with Crippen LogP contribution in [0.5, 0.6) is 0 Å². The third-order valence-corrected chi connectivity index (χ3v) is 1.76. The van der Waals surface area contributed by atoms with E-state index >= 15 is 0 Å². The Morgan fingerprint density at radius 1 is 1.67 bits per heavy atom. The van der Waals surface area contributed by atoms with Crippen LogP contribution in [0.3, 0.4) is 0 Å². The molecule has 5 heteroatoms.